The van der Waals surface area contributed by atoms with Gasteiger partial charge in [0.2, 0.25) is 5.91 Å². The van der Waals surface area contributed by atoms with Crippen molar-refractivity contribution in [2.45, 2.75) is 13.0 Å². The monoisotopic (exact) mass is 318 g/mol. The highest BCUT2D eigenvalue weighted by atomic mass is 127. The number of nitrogens with two attached hydrogens (primary N) is 1. The molecule has 0 aliphatic rings. The van der Waals surface area contributed by atoms with E-state index in [2.05, 4.69) is 27.9 Å². The maximum absolute atomic E-state index is 11.7. The fraction of sp³-hybridized carbons (Fsp3) is 0.200. The molecule has 0 heterocycles. The van der Waals surface area contributed by atoms with E-state index in [1.165, 1.54) is 0 Å². The van der Waals surface area contributed by atoms with Crippen molar-refractivity contribution in [3.63, 3.8) is 0 Å². The number of hydrogen-bond acceptors (Lipinski definition) is 2. The lowest BCUT2D eigenvalue weighted by molar-refractivity contribution is -0.119. The molecule has 0 aliphatic carbocycles. The summed E-state index contributed by atoms with van der Waals surface area (Å²) < 4.78 is 0.837. The molecule has 2 amide bonds. The molecule has 0 aliphatic heterocycles. The molecule has 0 saturated carbocycles. The van der Waals surface area contributed by atoms with Crippen LogP contribution < -0.4 is 11.1 Å². The minimum atomic E-state index is -0.659. The third-order valence-electron chi connectivity index (χ3n) is 1.89. The largest absolute Gasteiger partial charge is 0.368 e. The Morgan fingerprint density at radius 2 is 2.00 bits per heavy atom. The zero-order valence-electron chi connectivity index (χ0n) is 8.16. The van der Waals surface area contributed by atoms with Crippen LogP contribution in [-0.4, -0.2) is 17.9 Å². The van der Waals surface area contributed by atoms with Gasteiger partial charge in [-0.25, -0.2) is 0 Å². The highest BCUT2D eigenvalue weighted by Gasteiger charge is 2.14. The number of rotatable bonds is 3. The van der Waals surface area contributed by atoms with Crippen molar-refractivity contribution < 1.29 is 9.59 Å². The second-order valence-corrected chi connectivity index (χ2v) is 4.24. The first-order valence-corrected chi connectivity index (χ1v) is 5.45. The van der Waals surface area contributed by atoms with Crippen molar-refractivity contribution in [2.75, 3.05) is 0 Å². The molecule has 1 aromatic rings. The number of benzene rings is 1. The minimum Gasteiger partial charge on any atom is -0.368 e. The van der Waals surface area contributed by atoms with E-state index in [-0.39, 0.29) is 5.91 Å². The van der Waals surface area contributed by atoms with E-state index in [0.717, 1.165) is 3.57 Å². The van der Waals surface area contributed by atoms with Crippen molar-refractivity contribution >= 4 is 34.4 Å². The molecule has 0 saturated heterocycles. The quantitative estimate of drug-likeness (QED) is 0.813. The zero-order valence-corrected chi connectivity index (χ0v) is 10.3. The molecular formula is C10H11IN2O2. The average Bonchev–Trinajstić information content (AvgIpc) is 2.18. The normalized spacial score (nSPS) is 11.9. The second-order valence-electron chi connectivity index (χ2n) is 3.08. The third-order valence-corrected chi connectivity index (χ3v) is 2.83. The number of nitrogens with one attached hydrogen (secondary N) is 1. The molecular weight excluding hydrogens is 307 g/mol. The van der Waals surface area contributed by atoms with Crippen LogP contribution in [0.3, 0.4) is 0 Å². The number of hydrogen-bond donors (Lipinski definition) is 2. The molecule has 0 radical (unpaired) electrons. The van der Waals surface area contributed by atoms with Gasteiger partial charge in [-0.15, -0.1) is 0 Å². The van der Waals surface area contributed by atoms with Crippen molar-refractivity contribution in [2.24, 2.45) is 5.73 Å². The molecule has 4 nitrogen and oxygen atoms in total. The Kier molecular flexibility index (Phi) is 4.07. The Labute approximate surface area is 101 Å². The van der Waals surface area contributed by atoms with Crippen LogP contribution in [0, 0.1) is 3.57 Å². The van der Waals surface area contributed by atoms with Gasteiger partial charge in [-0.1, -0.05) is 12.1 Å². The third kappa shape index (κ3) is 3.19. The number of amides is 2. The van der Waals surface area contributed by atoms with Crippen molar-refractivity contribution in [3.8, 4) is 0 Å². The fourth-order valence-corrected chi connectivity index (χ4v) is 1.62. The van der Waals surface area contributed by atoms with Crippen LogP contribution in [0.15, 0.2) is 24.3 Å². The highest BCUT2D eigenvalue weighted by Crippen LogP contribution is 2.11. The first-order valence-electron chi connectivity index (χ1n) is 4.37. The minimum absolute atomic E-state index is 0.286. The Morgan fingerprint density at radius 1 is 1.40 bits per heavy atom. The zero-order chi connectivity index (χ0) is 11.4. The van der Waals surface area contributed by atoms with Gasteiger partial charge >= 0.3 is 0 Å². The second kappa shape index (κ2) is 5.11. The van der Waals surface area contributed by atoms with E-state index in [4.69, 9.17) is 5.73 Å². The SMILES string of the molecule is C[C@@H](NC(=O)c1ccccc1I)C(N)=O. The molecule has 5 heteroatoms. The molecule has 15 heavy (non-hydrogen) atoms. The van der Waals surface area contributed by atoms with Crippen LogP contribution in [0.25, 0.3) is 0 Å². The van der Waals surface area contributed by atoms with Crippen LogP contribution in [-0.2, 0) is 4.79 Å². The van der Waals surface area contributed by atoms with Gasteiger partial charge in [-0.3, -0.25) is 9.59 Å². The number of carbonyl (C=O) groups is 2. The molecule has 1 rings (SSSR count). The Bertz CT molecular complexity index is 393. The molecule has 0 unspecified atom stereocenters. The van der Waals surface area contributed by atoms with E-state index in [9.17, 15) is 9.59 Å². The number of primary amides is 1. The molecule has 0 spiro atoms. The lowest BCUT2D eigenvalue weighted by Crippen LogP contribution is -2.42. The van der Waals surface area contributed by atoms with Crippen molar-refractivity contribution in [1.82, 2.24) is 5.32 Å². The van der Waals surface area contributed by atoms with Gasteiger partial charge in [0.1, 0.15) is 6.04 Å². The predicted octanol–water partition coefficient (Wildman–Crippen LogP) is 0.895. The van der Waals surface area contributed by atoms with E-state index < -0.39 is 11.9 Å². The van der Waals surface area contributed by atoms with Crippen molar-refractivity contribution in [1.29, 1.82) is 0 Å². The lowest BCUT2D eigenvalue weighted by Gasteiger charge is -2.10. The van der Waals surface area contributed by atoms with Crippen LogP contribution in [0.5, 0.6) is 0 Å². The molecule has 80 valence electrons. The van der Waals surface area contributed by atoms with E-state index in [0.29, 0.717) is 5.56 Å². The smallest absolute Gasteiger partial charge is 0.252 e. The van der Waals surface area contributed by atoms with Gasteiger partial charge in [0.25, 0.3) is 5.91 Å². The molecule has 0 fully saturated rings. The summed E-state index contributed by atoms with van der Waals surface area (Å²) in [5, 5.41) is 2.52. The summed E-state index contributed by atoms with van der Waals surface area (Å²) in [6, 6.07) is 6.48. The fourth-order valence-electron chi connectivity index (χ4n) is 0.991. The summed E-state index contributed by atoms with van der Waals surface area (Å²) in [7, 11) is 0. The summed E-state index contributed by atoms with van der Waals surface area (Å²) in [4.78, 5) is 22.4. The Morgan fingerprint density at radius 3 is 2.53 bits per heavy atom. The van der Waals surface area contributed by atoms with Gasteiger partial charge in [0.05, 0.1) is 5.56 Å². The summed E-state index contributed by atoms with van der Waals surface area (Å²) in [5.41, 5.74) is 5.59. The molecule has 3 N–H and O–H groups in total. The maximum Gasteiger partial charge on any atom is 0.252 e. The van der Waals surface area contributed by atoms with Crippen LogP contribution in [0.1, 0.15) is 17.3 Å². The van der Waals surface area contributed by atoms with Gasteiger partial charge < -0.3 is 11.1 Å². The van der Waals surface area contributed by atoms with Gasteiger partial charge in [0.15, 0.2) is 0 Å². The predicted molar refractivity (Wildman–Crippen MR) is 65.3 cm³/mol. The summed E-state index contributed by atoms with van der Waals surface area (Å²) in [5.74, 6) is -0.833. The van der Waals surface area contributed by atoms with Gasteiger partial charge in [-0.05, 0) is 41.6 Å². The highest BCUT2D eigenvalue weighted by molar-refractivity contribution is 14.1. The topological polar surface area (TPSA) is 72.2 Å². The average molecular weight is 318 g/mol. The van der Waals surface area contributed by atoms with Crippen LogP contribution >= 0.6 is 22.6 Å². The molecule has 1 aromatic carbocycles. The Hall–Kier alpha value is -1.11. The number of halogens is 1. The van der Waals surface area contributed by atoms with E-state index >= 15 is 0 Å². The summed E-state index contributed by atoms with van der Waals surface area (Å²) in [6.07, 6.45) is 0. The molecule has 1 atom stereocenters. The standard InChI is InChI=1S/C10H11IN2O2/c1-6(9(12)14)13-10(15)7-4-2-3-5-8(7)11/h2-6H,1H3,(H2,12,14)(H,13,15)/t6-/m1/s1. The number of carbonyl (C=O) groups excluding carboxylic acids is 2. The lowest BCUT2D eigenvalue weighted by atomic mass is 10.2. The van der Waals surface area contributed by atoms with E-state index in [1.54, 1.807) is 19.1 Å². The van der Waals surface area contributed by atoms with Crippen LogP contribution in [0.4, 0.5) is 0 Å². The summed E-state index contributed by atoms with van der Waals surface area (Å²) in [6.45, 7) is 1.55. The first-order chi connectivity index (χ1) is 7.02. The van der Waals surface area contributed by atoms with Crippen molar-refractivity contribution in [3.05, 3.63) is 33.4 Å². The first kappa shape index (κ1) is 12.0. The van der Waals surface area contributed by atoms with E-state index in [1.807, 2.05) is 12.1 Å². The van der Waals surface area contributed by atoms with Gasteiger partial charge in [0, 0.05) is 3.57 Å². The van der Waals surface area contributed by atoms with Crippen LogP contribution in [0.2, 0.25) is 0 Å². The van der Waals surface area contributed by atoms with Gasteiger partial charge in [-0.2, -0.15) is 0 Å². The Balaban J connectivity index is 2.78. The summed E-state index contributed by atoms with van der Waals surface area (Å²) >= 11 is 2.06. The maximum atomic E-state index is 11.7. The molecule has 0 aromatic heterocycles. The molecule has 0 bridgehead atoms.